The van der Waals surface area contributed by atoms with Gasteiger partial charge in [0.25, 0.3) is 10.0 Å². The maximum Gasteiger partial charge on any atom is 0.268 e. The van der Waals surface area contributed by atoms with Crippen LogP contribution in [0.2, 0.25) is 5.02 Å². The summed E-state index contributed by atoms with van der Waals surface area (Å²) in [5.74, 6) is 3.75. The molecule has 0 amide bonds. The van der Waals surface area contributed by atoms with Crippen LogP contribution in [0.5, 0.6) is 5.88 Å². The molecule has 0 aliphatic rings. The lowest BCUT2D eigenvalue weighted by atomic mass is 10.2. The number of halogens is 2. The molecule has 4 aromatic rings. The summed E-state index contributed by atoms with van der Waals surface area (Å²) in [6, 6.07) is 4.17. The quantitative estimate of drug-likeness (QED) is 0.468. The van der Waals surface area contributed by atoms with Crippen LogP contribution in [-0.4, -0.2) is 40.1 Å². The Morgan fingerprint density at radius 1 is 1.16 bits per heavy atom. The monoisotopic (exact) mass is 458 g/mol. The molecule has 0 radical (unpaired) electrons. The Bertz CT molecular complexity index is 1460. The van der Waals surface area contributed by atoms with Crippen LogP contribution in [-0.2, 0) is 10.0 Å². The summed E-state index contributed by atoms with van der Waals surface area (Å²) >= 11 is 5.84. The standard InChI is InChI=1S/C19H12ClFN6O3S/c1-30-19-15(9-14(20)11-24-19)31(28,29)26-17-16(21)12(5-7-22-17)3-4-13-10-25-27-8-2-6-23-18(13)27/h2,5-11H,1H3,(H,22,26). The number of nitrogens with one attached hydrogen (secondary N) is 1. The number of nitrogens with zero attached hydrogens (tertiary/aromatic N) is 5. The van der Waals surface area contributed by atoms with Crippen molar-refractivity contribution in [2.45, 2.75) is 4.90 Å². The summed E-state index contributed by atoms with van der Waals surface area (Å²) in [6.45, 7) is 0. The predicted octanol–water partition coefficient (Wildman–Crippen LogP) is 2.52. The number of hydrogen-bond donors (Lipinski definition) is 1. The maximum absolute atomic E-state index is 14.9. The third-order valence-corrected chi connectivity index (χ3v) is 5.54. The highest BCUT2D eigenvalue weighted by atomic mass is 35.5. The van der Waals surface area contributed by atoms with Gasteiger partial charge in [0.15, 0.2) is 22.2 Å². The second-order valence-corrected chi connectivity index (χ2v) is 8.07. The third-order valence-electron chi connectivity index (χ3n) is 4.00. The first-order chi connectivity index (χ1) is 14.9. The van der Waals surface area contributed by atoms with Crippen LogP contribution in [0.1, 0.15) is 11.1 Å². The highest BCUT2D eigenvalue weighted by Crippen LogP contribution is 2.27. The Kier molecular flexibility index (Phi) is 5.41. The van der Waals surface area contributed by atoms with E-state index >= 15 is 0 Å². The highest BCUT2D eigenvalue weighted by molar-refractivity contribution is 7.92. The zero-order valence-corrected chi connectivity index (χ0v) is 17.3. The first-order valence-corrected chi connectivity index (χ1v) is 10.4. The molecular weight excluding hydrogens is 447 g/mol. The van der Waals surface area contributed by atoms with Gasteiger partial charge in [0.05, 0.1) is 29.5 Å². The van der Waals surface area contributed by atoms with Crippen LogP contribution in [0.15, 0.2) is 54.1 Å². The van der Waals surface area contributed by atoms with E-state index in [2.05, 4.69) is 36.6 Å². The molecule has 4 heterocycles. The normalized spacial score (nSPS) is 11.1. The molecule has 12 heteroatoms. The van der Waals surface area contributed by atoms with Crippen molar-refractivity contribution in [3.8, 4) is 17.7 Å². The summed E-state index contributed by atoms with van der Waals surface area (Å²) < 4.78 is 49.0. The average Bonchev–Trinajstić information content (AvgIpc) is 3.17. The molecule has 0 bridgehead atoms. The Morgan fingerprint density at radius 2 is 1.97 bits per heavy atom. The third kappa shape index (κ3) is 4.11. The number of ether oxygens (including phenoxy) is 1. The van der Waals surface area contributed by atoms with Crippen molar-refractivity contribution in [1.82, 2.24) is 24.6 Å². The Morgan fingerprint density at radius 3 is 2.77 bits per heavy atom. The maximum atomic E-state index is 14.9. The lowest BCUT2D eigenvalue weighted by molar-refractivity contribution is 0.385. The van der Waals surface area contributed by atoms with Crippen molar-refractivity contribution < 1.29 is 17.5 Å². The van der Waals surface area contributed by atoms with E-state index in [1.165, 1.54) is 36.3 Å². The van der Waals surface area contributed by atoms with Gasteiger partial charge >= 0.3 is 0 Å². The predicted molar refractivity (Wildman–Crippen MR) is 110 cm³/mol. The fraction of sp³-hybridized carbons (Fsp3) is 0.0526. The number of fused-ring (bicyclic) bond motifs is 1. The van der Waals surface area contributed by atoms with Gasteiger partial charge in [0.2, 0.25) is 5.88 Å². The number of sulfonamides is 1. The van der Waals surface area contributed by atoms with Crippen molar-refractivity contribution in [2.75, 3.05) is 11.8 Å². The average molecular weight is 459 g/mol. The Labute approximate surface area is 180 Å². The van der Waals surface area contributed by atoms with Crippen LogP contribution in [0.4, 0.5) is 10.2 Å². The molecule has 0 spiro atoms. The highest BCUT2D eigenvalue weighted by Gasteiger charge is 2.24. The second-order valence-electron chi connectivity index (χ2n) is 5.98. The van der Waals surface area contributed by atoms with Crippen LogP contribution in [0.3, 0.4) is 0 Å². The summed E-state index contributed by atoms with van der Waals surface area (Å²) in [6.07, 6.45) is 7.24. The first-order valence-electron chi connectivity index (χ1n) is 8.56. The van der Waals surface area contributed by atoms with Gasteiger partial charge in [-0.05, 0) is 18.2 Å². The molecule has 31 heavy (non-hydrogen) atoms. The van der Waals surface area contributed by atoms with Gasteiger partial charge in [0.1, 0.15) is 0 Å². The van der Waals surface area contributed by atoms with E-state index in [9.17, 15) is 12.8 Å². The van der Waals surface area contributed by atoms with Crippen molar-refractivity contribution in [2.24, 2.45) is 0 Å². The number of pyridine rings is 2. The summed E-state index contributed by atoms with van der Waals surface area (Å²) in [7, 11) is -3.05. The van der Waals surface area contributed by atoms with E-state index in [-0.39, 0.29) is 21.4 Å². The minimum atomic E-state index is -4.30. The molecule has 0 atom stereocenters. The Balaban J connectivity index is 1.68. The van der Waals surface area contributed by atoms with E-state index < -0.39 is 21.7 Å². The van der Waals surface area contributed by atoms with Crippen molar-refractivity contribution in [1.29, 1.82) is 0 Å². The van der Waals surface area contributed by atoms with Crippen LogP contribution in [0, 0.1) is 17.7 Å². The number of methoxy groups -OCH3 is 1. The summed E-state index contributed by atoms with van der Waals surface area (Å²) in [4.78, 5) is 11.4. The van der Waals surface area contributed by atoms with Gasteiger partial charge in [-0.2, -0.15) is 5.10 Å². The van der Waals surface area contributed by atoms with Crippen LogP contribution >= 0.6 is 11.6 Å². The fourth-order valence-electron chi connectivity index (χ4n) is 2.60. The van der Waals surface area contributed by atoms with Crippen molar-refractivity contribution >= 4 is 33.1 Å². The molecular formula is C19H12ClFN6O3S. The molecule has 0 aliphatic carbocycles. The largest absolute Gasteiger partial charge is 0.480 e. The molecule has 0 unspecified atom stereocenters. The van der Waals surface area contributed by atoms with Crippen molar-refractivity contribution in [3.05, 3.63) is 71.2 Å². The molecule has 0 saturated carbocycles. The van der Waals surface area contributed by atoms with Gasteiger partial charge in [-0.25, -0.2) is 32.3 Å². The molecule has 0 fully saturated rings. The van der Waals surface area contributed by atoms with E-state index in [4.69, 9.17) is 16.3 Å². The molecule has 1 N–H and O–H groups in total. The molecule has 9 nitrogen and oxygen atoms in total. The second kappa shape index (κ2) is 8.17. The van der Waals surface area contributed by atoms with E-state index in [0.29, 0.717) is 11.2 Å². The zero-order chi connectivity index (χ0) is 22.0. The smallest absolute Gasteiger partial charge is 0.268 e. The number of aromatic nitrogens is 5. The van der Waals surface area contributed by atoms with E-state index in [0.717, 1.165) is 6.07 Å². The first kappa shape index (κ1) is 20.5. The summed E-state index contributed by atoms with van der Waals surface area (Å²) in [5, 5.41) is 4.17. The van der Waals surface area contributed by atoms with Gasteiger partial charge in [-0.1, -0.05) is 23.4 Å². The topological polar surface area (TPSA) is 111 Å². The van der Waals surface area contributed by atoms with E-state index in [1.54, 1.807) is 18.5 Å². The molecule has 0 saturated heterocycles. The minimum absolute atomic E-state index is 0.0660. The van der Waals surface area contributed by atoms with Gasteiger partial charge in [-0.3, -0.25) is 4.72 Å². The molecule has 0 aromatic carbocycles. The lowest BCUT2D eigenvalue weighted by Crippen LogP contribution is -2.17. The van der Waals surface area contributed by atoms with Gasteiger partial charge in [0, 0.05) is 24.8 Å². The lowest BCUT2D eigenvalue weighted by Gasteiger charge is -2.11. The Hall–Kier alpha value is -3.75. The molecule has 156 valence electrons. The van der Waals surface area contributed by atoms with Gasteiger partial charge in [-0.15, -0.1) is 0 Å². The fourth-order valence-corrected chi connectivity index (χ4v) is 3.98. The number of anilines is 1. The minimum Gasteiger partial charge on any atom is -0.480 e. The SMILES string of the molecule is COc1ncc(Cl)cc1S(=O)(=O)Nc1nccc(C#Cc2cnn3cccnc23)c1F. The van der Waals surface area contributed by atoms with Crippen LogP contribution < -0.4 is 9.46 Å². The molecule has 4 rings (SSSR count). The van der Waals surface area contributed by atoms with Crippen molar-refractivity contribution in [3.63, 3.8) is 0 Å². The number of hydrogen-bond acceptors (Lipinski definition) is 7. The molecule has 0 aliphatic heterocycles. The zero-order valence-electron chi connectivity index (χ0n) is 15.7. The van der Waals surface area contributed by atoms with E-state index in [1.807, 2.05) is 0 Å². The van der Waals surface area contributed by atoms with Crippen LogP contribution in [0.25, 0.3) is 5.65 Å². The molecule has 4 aromatic heterocycles. The number of rotatable bonds is 4. The van der Waals surface area contributed by atoms with Gasteiger partial charge < -0.3 is 4.74 Å². The summed E-state index contributed by atoms with van der Waals surface area (Å²) in [5.41, 5.74) is 0.916.